The molecule has 18 heavy (non-hydrogen) atoms. The van der Waals surface area contributed by atoms with Gasteiger partial charge in [-0.15, -0.1) is 0 Å². The first-order valence-corrected chi connectivity index (χ1v) is 5.81. The number of hydrogen-bond donors (Lipinski definition) is 2. The van der Waals surface area contributed by atoms with E-state index in [-0.39, 0.29) is 12.5 Å². The van der Waals surface area contributed by atoms with Crippen LogP contribution in [0, 0.1) is 4.64 Å². The van der Waals surface area contributed by atoms with Crippen LogP contribution in [-0.2, 0) is 4.79 Å². The lowest BCUT2D eigenvalue weighted by Gasteiger charge is -2.07. The fourth-order valence-electron chi connectivity index (χ4n) is 1.35. The molecule has 0 spiro atoms. The molecule has 0 aliphatic heterocycles. The van der Waals surface area contributed by atoms with Crippen molar-refractivity contribution in [3.8, 4) is 5.75 Å². The van der Waals surface area contributed by atoms with E-state index in [2.05, 4.69) is 10.3 Å². The number of carbonyl (C=O) groups excluding carboxylic acids is 1. The Bertz CT molecular complexity index is 561. The van der Waals surface area contributed by atoms with Crippen LogP contribution in [0.15, 0.2) is 48.7 Å². The van der Waals surface area contributed by atoms with Crippen LogP contribution in [0.1, 0.15) is 0 Å². The summed E-state index contributed by atoms with van der Waals surface area (Å²) in [6, 6.07) is 12.6. The number of carbonyl (C=O) groups is 1. The molecule has 1 amide bonds. The summed E-state index contributed by atoms with van der Waals surface area (Å²) in [5.41, 5.74) is 0.658. The van der Waals surface area contributed by atoms with Crippen molar-refractivity contribution in [1.29, 1.82) is 0 Å². The Hall–Kier alpha value is -2.14. The minimum atomic E-state index is -0.218. The van der Waals surface area contributed by atoms with Crippen LogP contribution in [0.5, 0.6) is 5.75 Å². The number of anilines is 1. The van der Waals surface area contributed by atoms with Crippen LogP contribution in [-0.4, -0.2) is 17.5 Å². The second-order valence-electron chi connectivity index (χ2n) is 3.59. The molecule has 1 heterocycles. The van der Waals surface area contributed by atoms with Crippen molar-refractivity contribution < 1.29 is 9.53 Å². The molecule has 1 aromatic carbocycles. The Morgan fingerprint density at radius 3 is 2.67 bits per heavy atom. The van der Waals surface area contributed by atoms with Crippen molar-refractivity contribution in [3.63, 3.8) is 0 Å². The Morgan fingerprint density at radius 1 is 1.22 bits per heavy atom. The van der Waals surface area contributed by atoms with Crippen LogP contribution < -0.4 is 10.1 Å². The number of aromatic amines is 1. The largest absolute Gasteiger partial charge is 0.484 e. The monoisotopic (exact) mass is 260 g/mol. The molecule has 2 rings (SSSR count). The highest BCUT2D eigenvalue weighted by atomic mass is 32.1. The molecule has 0 aliphatic carbocycles. The second-order valence-corrected chi connectivity index (χ2v) is 4.03. The predicted octanol–water partition coefficient (Wildman–Crippen LogP) is 2.76. The number of amides is 1. The van der Waals surface area contributed by atoms with Crippen LogP contribution in [0.4, 0.5) is 5.69 Å². The number of pyridine rings is 1. The summed E-state index contributed by atoms with van der Waals surface area (Å²) in [6.07, 6.45) is 1.64. The minimum absolute atomic E-state index is 0.0281. The smallest absolute Gasteiger partial charge is 0.262 e. The molecule has 5 heteroatoms. The second kappa shape index (κ2) is 5.97. The van der Waals surface area contributed by atoms with Gasteiger partial charge in [0.25, 0.3) is 5.91 Å². The zero-order valence-electron chi connectivity index (χ0n) is 9.55. The zero-order valence-corrected chi connectivity index (χ0v) is 10.4. The van der Waals surface area contributed by atoms with E-state index in [0.717, 1.165) is 0 Å². The van der Waals surface area contributed by atoms with Crippen molar-refractivity contribution >= 4 is 23.8 Å². The standard InChI is InChI=1S/C13H12N2O2S/c16-12(9-17-11-4-2-1-3-5-11)15-10-6-7-13(18)14-8-10/h1-8H,9H2,(H,14,18)(H,15,16). The van der Waals surface area contributed by atoms with Gasteiger partial charge in [0, 0.05) is 6.20 Å². The number of aromatic nitrogens is 1. The quantitative estimate of drug-likeness (QED) is 0.831. The highest BCUT2D eigenvalue weighted by molar-refractivity contribution is 7.71. The van der Waals surface area contributed by atoms with Gasteiger partial charge in [0.2, 0.25) is 0 Å². The molecule has 1 aromatic heterocycles. The van der Waals surface area contributed by atoms with Gasteiger partial charge < -0.3 is 15.0 Å². The highest BCUT2D eigenvalue weighted by Gasteiger charge is 2.02. The van der Waals surface area contributed by atoms with Gasteiger partial charge in [-0.1, -0.05) is 30.4 Å². The third-order valence-corrected chi connectivity index (χ3v) is 2.44. The highest BCUT2D eigenvalue weighted by Crippen LogP contribution is 2.08. The Balaban J connectivity index is 1.86. The van der Waals surface area contributed by atoms with E-state index in [9.17, 15) is 4.79 Å². The Labute approximate surface area is 110 Å². The first kappa shape index (κ1) is 12.3. The third-order valence-electron chi connectivity index (χ3n) is 2.18. The van der Waals surface area contributed by atoms with Gasteiger partial charge in [0.15, 0.2) is 6.61 Å². The molecule has 0 bridgehead atoms. The van der Waals surface area contributed by atoms with Gasteiger partial charge in [-0.3, -0.25) is 4.79 Å². The summed E-state index contributed by atoms with van der Waals surface area (Å²) >= 11 is 4.91. The summed E-state index contributed by atoms with van der Waals surface area (Å²) in [7, 11) is 0. The molecule has 0 aliphatic rings. The molecule has 4 nitrogen and oxygen atoms in total. The lowest BCUT2D eigenvalue weighted by molar-refractivity contribution is -0.118. The molecule has 0 radical (unpaired) electrons. The molecule has 2 aromatic rings. The number of benzene rings is 1. The van der Waals surface area contributed by atoms with Gasteiger partial charge in [-0.25, -0.2) is 0 Å². The average molecular weight is 260 g/mol. The molecule has 2 N–H and O–H groups in total. The van der Waals surface area contributed by atoms with Crippen molar-refractivity contribution in [2.45, 2.75) is 0 Å². The number of para-hydroxylation sites is 1. The molecule has 0 saturated heterocycles. The van der Waals surface area contributed by atoms with Crippen molar-refractivity contribution in [1.82, 2.24) is 4.98 Å². The summed E-state index contributed by atoms with van der Waals surface area (Å²) in [6.45, 7) is -0.0281. The lowest BCUT2D eigenvalue weighted by Crippen LogP contribution is -2.20. The SMILES string of the molecule is O=C(COc1ccccc1)Nc1ccc(=S)[nH]c1. The fourth-order valence-corrected chi connectivity index (χ4v) is 1.48. The van der Waals surface area contributed by atoms with Crippen molar-refractivity contribution in [3.05, 3.63) is 53.3 Å². The van der Waals surface area contributed by atoms with Crippen LogP contribution in [0.25, 0.3) is 0 Å². The minimum Gasteiger partial charge on any atom is -0.484 e. The van der Waals surface area contributed by atoms with E-state index in [1.807, 2.05) is 18.2 Å². The van der Waals surface area contributed by atoms with Crippen LogP contribution in [0.3, 0.4) is 0 Å². The predicted molar refractivity (Wildman–Crippen MR) is 72.2 cm³/mol. The first-order valence-electron chi connectivity index (χ1n) is 5.40. The average Bonchev–Trinajstić information content (AvgIpc) is 2.40. The summed E-state index contributed by atoms with van der Waals surface area (Å²) in [5.74, 6) is 0.449. The van der Waals surface area contributed by atoms with Gasteiger partial charge >= 0.3 is 0 Å². The van der Waals surface area contributed by atoms with Gasteiger partial charge in [0.05, 0.1) is 5.69 Å². The van der Waals surface area contributed by atoms with E-state index in [0.29, 0.717) is 16.1 Å². The summed E-state index contributed by atoms with van der Waals surface area (Å²) in [5, 5.41) is 2.70. The number of hydrogen-bond acceptors (Lipinski definition) is 3. The third kappa shape index (κ3) is 3.71. The van der Waals surface area contributed by atoms with E-state index in [4.69, 9.17) is 17.0 Å². The van der Waals surface area contributed by atoms with E-state index >= 15 is 0 Å². The van der Waals surface area contributed by atoms with E-state index < -0.39 is 0 Å². The van der Waals surface area contributed by atoms with Gasteiger partial charge in [-0.05, 0) is 24.3 Å². The molecule has 0 fully saturated rings. The maximum atomic E-state index is 11.6. The first-order chi connectivity index (χ1) is 8.74. The topological polar surface area (TPSA) is 54.1 Å². The number of ether oxygens (including phenoxy) is 1. The lowest BCUT2D eigenvalue weighted by atomic mass is 10.3. The van der Waals surface area contributed by atoms with Gasteiger partial charge in [-0.2, -0.15) is 0 Å². The van der Waals surface area contributed by atoms with Crippen LogP contribution >= 0.6 is 12.2 Å². The van der Waals surface area contributed by atoms with E-state index in [1.54, 1.807) is 30.5 Å². The van der Waals surface area contributed by atoms with Gasteiger partial charge in [0.1, 0.15) is 10.4 Å². The fraction of sp³-hybridized carbons (Fsp3) is 0.0769. The Kier molecular flexibility index (Phi) is 4.09. The zero-order chi connectivity index (χ0) is 12.8. The number of nitrogens with one attached hydrogen (secondary N) is 2. The molecular formula is C13H12N2O2S. The van der Waals surface area contributed by atoms with Crippen molar-refractivity contribution in [2.24, 2.45) is 0 Å². The molecule has 0 unspecified atom stereocenters. The molecule has 0 atom stereocenters. The maximum absolute atomic E-state index is 11.6. The number of rotatable bonds is 4. The van der Waals surface area contributed by atoms with Crippen LogP contribution in [0.2, 0.25) is 0 Å². The summed E-state index contributed by atoms with van der Waals surface area (Å²) in [4.78, 5) is 14.4. The summed E-state index contributed by atoms with van der Waals surface area (Å²) < 4.78 is 5.94. The van der Waals surface area contributed by atoms with E-state index in [1.165, 1.54) is 0 Å². The number of H-pyrrole nitrogens is 1. The molecular weight excluding hydrogens is 248 g/mol. The normalized spacial score (nSPS) is 9.78. The molecule has 0 saturated carbocycles. The molecule has 92 valence electrons. The Morgan fingerprint density at radius 2 is 2.00 bits per heavy atom. The van der Waals surface area contributed by atoms with Crippen molar-refractivity contribution in [2.75, 3.05) is 11.9 Å². The maximum Gasteiger partial charge on any atom is 0.262 e.